The molecule has 7 atom stereocenters. The van der Waals surface area contributed by atoms with E-state index in [9.17, 15) is 29.4 Å². The first kappa shape index (κ1) is 38.8. The minimum absolute atomic E-state index is 0.0376. The molecule has 2 unspecified atom stereocenters. The highest BCUT2D eigenvalue weighted by molar-refractivity contribution is 7.10. The van der Waals surface area contributed by atoms with Gasteiger partial charge in [0.05, 0.1) is 37.0 Å². The highest BCUT2D eigenvalue weighted by Gasteiger charge is 2.61. The number of nitrogens with one attached hydrogen (secondary N) is 3. The highest BCUT2D eigenvalue weighted by atomic mass is 32.1. The van der Waals surface area contributed by atoms with Crippen LogP contribution in [0.1, 0.15) is 56.5 Å². The van der Waals surface area contributed by atoms with Gasteiger partial charge in [0.15, 0.2) is 0 Å². The topological polar surface area (TPSA) is 179 Å². The number of carboxylic acids is 1. The van der Waals surface area contributed by atoms with Gasteiger partial charge in [-0.15, -0.1) is 17.9 Å². The molecule has 1 saturated carbocycles. The van der Waals surface area contributed by atoms with Crippen molar-refractivity contribution in [3.63, 3.8) is 0 Å². The number of hydrogen-bond acceptors (Lipinski definition) is 9. The number of thiophene rings is 1. The summed E-state index contributed by atoms with van der Waals surface area (Å²) in [4.78, 5) is 62.1. The van der Waals surface area contributed by atoms with Gasteiger partial charge in [-0.05, 0) is 53.8 Å². The SMILES string of the molecule is C=CC1C[C@]1(NC(=O)[C@@H]1C[C@@H](Oc2cc(-c3ccccc3)nc3cc(OC)ccc23)CN1C(=O)N[C@H](C(=O)NC1c2ccsc2CC[C@H]1O)C(C)(C)C)C(=O)O. The number of pyridine rings is 1. The van der Waals surface area contributed by atoms with Gasteiger partial charge in [-0.2, -0.15) is 0 Å². The number of fused-ring (bicyclic) bond motifs is 2. The minimum Gasteiger partial charge on any atom is -0.497 e. The lowest BCUT2D eigenvalue weighted by atomic mass is 9.85. The van der Waals surface area contributed by atoms with Crippen LogP contribution in [0.4, 0.5) is 4.79 Å². The maximum absolute atomic E-state index is 14.4. The molecule has 0 bridgehead atoms. The largest absolute Gasteiger partial charge is 0.497 e. The Kier molecular flexibility index (Phi) is 10.5. The Labute approximate surface area is 329 Å². The van der Waals surface area contributed by atoms with E-state index in [1.807, 2.05) is 74.7 Å². The van der Waals surface area contributed by atoms with E-state index >= 15 is 0 Å². The first-order valence-corrected chi connectivity index (χ1v) is 19.6. The molecular formula is C42H47N5O8S. The highest BCUT2D eigenvalue weighted by Crippen LogP contribution is 2.45. The van der Waals surface area contributed by atoms with Crippen molar-refractivity contribution in [1.29, 1.82) is 0 Å². The molecule has 7 rings (SSSR count). The number of likely N-dealkylation sites (tertiary alicyclic amines) is 1. The lowest BCUT2D eigenvalue weighted by Gasteiger charge is -2.36. The van der Waals surface area contributed by atoms with Crippen LogP contribution in [0.5, 0.6) is 11.5 Å². The Morgan fingerprint density at radius 1 is 1.11 bits per heavy atom. The maximum atomic E-state index is 14.4. The van der Waals surface area contributed by atoms with Crippen molar-refractivity contribution in [3.05, 3.63) is 89.1 Å². The van der Waals surface area contributed by atoms with Gasteiger partial charge in [0, 0.05) is 40.3 Å². The fourth-order valence-corrected chi connectivity index (χ4v) is 8.73. The number of carbonyl (C=O) groups excluding carboxylic acids is 3. The van der Waals surface area contributed by atoms with Gasteiger partial charge in [0.25, 0.3) is 0 Å². The second kappa shape index (κ2) is 15.2. The average Bonchev–Trinajstić information content (AvgIpc) is 3.45. The number of aromatic nitrogens is 1. The molecule has 0 radical (unpaired) electrons. The van der Waals surface area contributed by atoms with E-state index in [0.29, 0.717) is 34.5 Å². The summed E-state index contributed by atoms with van der Waals surface area (Å²) in [5.74, 6) is -1.70. The first-order valence-electron chi connectivity index (χ1n) is 18.7. The standard InChI is InChI=1S/C42H47N5O8S/c1-6-24-21-42(24,39(51)52)46-37(49)31-19-26(55-33-20-29(23-10-8-7-9-11-23)43-30-18-25(54-5)12-13-27(30)33)22-47(31)40(53)45-36(41(2,3)4)38(50)44-35-28-16-17-56-34(28)15-14-32(35)48/h6-13,16-18,20,24,26,31-32,35-36,48H,1,14-15,19,21-22H2,2-5H3,(H,44,50)(H,45,53)(H,46,49)(H,51,52)/t24?,26-,31+,32-,35?,36-,42-/m1/s1. The number of benzene rings is 2. The van der Waals surface area contributed by atoms with E-state index in [4.69, 9.17) is 14.5 Å². The Hall–Kier alpha value is -5.47. The van der Waals surface area contributed by atoms with Gasteiger partial charge in [0.1, 0.15) is 35.2 Å². The molecule has 1 aliphatic heterocycles. The molecule has 56 heavy (non-hydrogen) atoms. The third-order valence-electron chi connectivity index (χ3n) is 11.1. The van der Waals surface area contributed by atoms with Crippen LogP contribution in [-0.4, -0.2) is 87.4 Å². The number of hydrogen-bond donors (Lipinski definition) is 5. The first-order chi connectivity index (χ1) is 26.7. The second-order valence-corrected chi connectivity index (χ2v) is 16.9. The van der Waals surface area contributed by atoms with Crippen LogP contribution in [-0.2, 0) is 20.8 Å². The number of aryl methyl sites for hydroxylation is 1. The number of methoxy groups -OCH3 is 1. The number of carboxylic acid groups (broad SMARTS) is 1. The van der Waals surface area contributed by atoms with Crippen molar-refractivity contribution in [2.75, 3.05) is 13.7 Å². The smallest absolute Gasteiger partial charge is 0.330 e. The number of aliphatic hydroxyl groups excluding tert-OH is 1. The summed E-state index contributed by atoms with van der Waals surface area (Å²) in [5.41, 5.74) is 0.669. The van der Waals surface area contributed by atoms with Crippen LogP contribution >= 0.6 is 11.3 Å². The minimum atomic E-state index is -1.53. The van der Waals surface area contributed by atoms with Crippen molar-refractivity contribution in [2.45, 2.75) is 82.3 Å². The third kappa shape index (κ3) is 7.55. The molecule has 2 aromatic heterocycles. The summed E-state index contributed by atoms with van der Waals surface area (Å²) >= 11 is 1.58. The van der Waals surface area contributed by atoms with Crippen molar-refractivity contribution in [2.24, 2.45) is 11.3 Å². The molecule has 3 aliphatic rings. The summed E-state index contributed by atoms with van der Waals surface area (Å²) < 4.78 is 12.1. The van der Waals surface area contributed by atoms with Crippen LogP contribution < -0.4 is 25.4 Å². The number of aliphatic hydroxyl groups is 1. The van der Waals surface area contributed by atoms with Gasteiger partial charge < -0.3 is 40.5 Å². The van der Waals surface area contributed by atoms with Crippen LogP contribution in [0.3, 0.4) is 0 Å². The summed E-state index contributed by atoms with van der Waals surface area (Å²) in [6, 6.07) is 15.2. The summed E-state index contributed by atoms with van der Waals surface area (Å²) in [7, 11) is 1.57. The van der Waals surface area contributed by atoms with Gasteiger partial charge in [-0.3, -0.25) is 9.59 Å². The van der Waals surface area contributed by atoms with Gasteiger partial charge in [-0.1, -0.05) is 57.2 Å². The fourth-order valence-electron chi connectivity index (χ4n) is 7.79. The molecule has 1 saturated heterocycles. The van der Waals surface area contributed by atoms with E-state index < -0.39 is 71.0 Å². The Bertz CT molecular complexity index is 2170. The summed E-state index contributed by atoms with van der Waals surface area (Å²) in [6.07, 6.45) is 1.43. The summed E-state index contributed by atoms with van der Waals surface area (Å²) in [5, 5.41) is 32.2. The molecule has 4 amide bonds. The zero-order valence-electron chi connectivity index (χ0n) is 31.8. The zero-order chi connectivity index (χ0) is 39.9. The van der Waals surface area contributed by atoms with E-state index in [0.717, 1.165) is 22.4 Å². The molecule has 3 heterocycles. The number of carbonyl (C=O) groups is 4. The Morgan fingerprint density at radius 3 is 2.55 bits per heavy atom. The van der Waals surface area contributed by atoms with Crippen LogP contribution in [0.15, 0.2) is 78.7 Å². The molecule has 14 heteroatoms. The molecule has 294 valence electrons. The molecule has 13 nitrogen and oxygen atoms in total. The fraction of sp³-hybridized carbons (Fsp3) is 0.405. The molecule has 4 aromatic rings. The second-order valence-electron chi connectivity index (χ2n) is 15.9. The number of nitrogens with zero attached hydrogens (tertiary/aromatic N) is 2. The molecule has 2 aromatic carbocycles. The molecule has 5 N–H and O–H groups in total. The van der Waals surface area contributed by atoms with Crippen molar-refractivity contribution in [1.82, 2.24) is 25.8 Å². The van der Waals surface area contributed by atoms with Crippen LogP contribution in [0, 0.1) is 11.3 Å². The van der Waals surface area contributed by atoms with Gasteiger partial charge >= 0.3 is 12.0 Å². The summed E-state index contributed by atoms with van der Waals surface area (Å²) in [6.45, 7) is 9.13. The molecule has 0 spiro atoms. The molecule has 2 aliphatic carbocycles. The van der Waals surface area contributed by atoms with Gasteiger partial charge in [0.2, 0.25) is 11.8 Å². The number of amides is 4. The molecule has 2 fully saturated rings. The average molecular weight is 782 g/mol. The van der Waals surface area contributed by atoms with E-state index in [1.54, 1.807) is 30.6 Å². The lowest BCUT2D eigenvalue weighted by Crippen LogP contribution is -2.60. The monoisotopic (exact) mass is 781 g/mol. The van der Waals surface area contributed by atoms with E-state index in [-0.39, 0.29) is 19.4 Å². The number of rotatable bonds is 11. The van der Waals surface area contributed by atoms with Gasteiger partial charge in [-0.25, -0.2) is 14.6 Å². The van der Waals surface area contributed by atoms with Crippen LogP contribution in [0.2, 0.25) is 0 Å². The normalized spacial score (nSPS) is 24.7. The maximum Gasteiger partial charge on any atom is 0.330 e. The third-order valence-corrected chi connectivity index (χ3v) is 12.1. The van der Waals surface area contributed by atoms with E-state index in [2.05, 4.69) is 22.5 Å². The van der Waals surface area contributed by atoms with Crippen molar-refractivity contribution in [3.8, 4) is 22.8 Å². The predicted molar refractivity (Wildman–Crippen MR) is 211 cm³/mol. The number of aliphatic carboxylic acids is 1. The van der Waals surface area contributed by atoms with E-state index in [1.165, 1.54) is 11.0 Å². The number of urea groups is 1. The zero-order valence-corrected chi connectivity index (χ0v) is 32.6. The Balaban J connectivity index is 1.18. The van der Waals surface area contributed by atoms with Crippen molar-refractivity contribution >= 4 is 46.1 Å². The van der Waals surface area contributed by atoms with Crippen molar-refractivity contribution < 1.29 is 38.9 Å². The molecular weight excluding hydrogens is 735 g/mol. The van der Waals surface area contributed by atoms with Crippen LogP contribution in [0.25, 0.3) is 22.2 Å². The quantitative estimate of drug-likeness (QED) is 0.128. The predicted octanol–water partition coefficient (Wildman–Crippen LogP) is 5.23. The lowest BCUT2D eigenvalue weighted by molar-refractivity contribution is -0.144. The Morgan fingerprint density at radius 2 is 1.88 bits per heavy atom. The number of ether oxygens (including phenoxy) is 2.